The quantitative estimate of drug-likeness (QED) is 0.639. The second-order valence-electron chi connectivity index (χ2n) is 9.75. The zero-order valence-corrected chi connectivity index (χ0v) is 19.3. The SMILES string of the molecule is COc1cccc([C@@]23CCN(C)C[C@H]2C(O)C[C@H](NC(=O)c2ccc4ccccc4c2)C3)c1. The van der Waals surface area contributed by atoms with E-state index in [0.29, 0.717) is 12.0 Å². The third-order valence-electron chi connectivity index (χ3n) is 7.75. The summed E-state index contributed by atoms with van der Waals surface area (Å²) in [6, 6.07) is 22.0. The van der Waals surface area contributed by atoms with Gasteiger partial charge in [0.15, 0.2) is 0 Å². The van der Waals surface area contributed by atoms with Crippen molar-refractivity contribution in [2.45, 2.75) is 36.8 Å². The zero-order chi connectivity index (χ0) is 23.0. The third kappa shape index (κ3) is 4.11. The van der Waals surface area contributed by atoms with Crippen molar-refractivity contribution in [2.75, 3.05) is 27.2 Å². The fraction of sp³-hybridized carbons (Fsp3) is 0.393. The second-order valence-corrected chi connectivity index (χ2v) is 9.75. The number of aliphatic hydroxyl groups is 1. The van der Waals surface area contributed by atoms with Gasteiger partial charge in [0, 0.05) is 29.5 Å². The molecular weight excluding hydrogens is 412 g/mol. The van der Waals surface area contributed by atoms with Gasteiger partial charge in [-0.2, -0.15) is 0 Å². The molecule has 1 saturated heterocycles. The minimum atomic E-state index is -0.477. The number of piperidine rings is 1. The lowest BCUT2D eigenvalue weighted by Gasteiger charge is -2.54. The summed E-state index contributed by atoms with van der Waals surface area (Å²) in [6.07, 6.45) is 1.86. The molecule has 1 amide bonds. The van der Waals surface area contributed by atoms with Gasteiger partial charge in [-0.3, -0.25) is 4.79 Å². The summed E-state index contributed by atoms with van der Waals surface area (Å²) in [6.45, 7) is 1.81. The lowest BCUT2D eigenvalue weighted by Crippen LogP contribution is -2.60. The van der Waals surface area contributed by atoms with Crippen LogP contribution in [0, 0.1) is 5.92 Å². The molecule has 0 radical (unpaired) electrons. The molecule has 5 heteroatoms. The van der Waals surface area contributed by atoms with Crippen LogP contribution in [0.25, 0.3) is 10.8 Å². The van der Waals surface area contributed by atoms with E-state index in [1.807, 2.05) is 54.6 Å². The van der Waals surface area contributed by atoms with Crippen LogP contribution in [0.2, 0.25) is 0 Å². The van der Waals surface area contributed by atoms with Crippen LogP contribution in [0.1, 0.15) is 35.2 Å². The van der Waals surface area contributed by atoms with Crippen molar-refractivity contribution in [1.29, 1.82) is 0 Å². The first kappa shape index (κ1) is 21.9. The van der Waals surface area contributed by atoms with Crippen molar-refractivity contribution in [1.82, 2.24) is 10.2 Å². The van der Waals surface area contributed by atoms with Crippen molar-refractivity contribution in [3.8, 4) is 5.75 Å². The molecule has 172 valence electrons. The molecule has 0 spiro atoms. The highest BCUT2D eigenvalue weighted by Crippen LogP contribution is 2.49. The summed E-state index contributed by atoms with van der Waals surface area (Å²) in [5.74, 6) is 0.874. The predicted molar refractivity (Wildman–Crippen MR) is 131 cm³/mol. The molecule has 1 saturated carbocycles. The number of carbonyl (C=O) groups is 1. The van der Waals surface area contributed by atoms with Crippen molar-refractivity contribution in [3.05, 3.63) is 77.9 Å². The first-order chi connectivity index (χ1) is 16.0. The van der Waals surface area contributed by atoms with Crippen molar-refractivity contribution >= 4 is 16.7 Å². The third-order valence-corrected chi connectivity index (χ3v) is 7.75. The summed E-state index contributed by atoms with van der Waals surface area (Å²) in [5, 5.41) is 16.7. The molecule has 2 aliphatic rings. The number of ether oxygens (including phenoxy) is 1. The van der Waals surface area contributed by atoms with Crippen LogP contribution in [0.3, 0.4) is 0 Å². The molecule has 4 atom stereocenters. The summed E-state index contributed by atoms with van der Waals surface area (Å²) in [5.41, 5.74) is 1.66. The molecule has 2 N–H and O–H groups in total. The minimum Gasteiger partial charge on any atom is -0.497 e. The van der Waals surface area contributed by atoms with E-state index in [1.165, 1.54) is 5.56 Å². The first-order valence-corrected chi connectivity index (χ1v) is 11.8. The number of fused-ring (bicyclic) bond motifs is 2. The van der Waals surface area contributed by atoms with Crippen LogP contribution < -0.4 is 10.1 Å². The molecule has 1 heterocycles. The summed E-state index contributed by atoms with van der Waals surface area (Å²) in [4.78, 5) is 15.5. The van der Waals surface area contributed by atoms with Gasteiger partial charge >= 0.3 is 0 Å². The van der Waals surface area contributed by atoms with E-state index in [2.05, 4.69) is 29.4 Å². The summed E-state index contributed by atoms with van der Waals surface area (Å²) >= 11 is 0. The largest absolute Gasteiger partial charge is 0.497 e. The Balaban J connectivity index is 1.43. The van der Waals surface area contributed by atoms with E-state index in [1.54, 1.807) is 7.11 Å². The lowest BCUT2D eigenvalue weighted by molar-refractivity contribution is -0.0420. The molecule has 3 aromatic carbocycles. The van der Waals surface area contributed by atoms with Crippen LogP contribution in [-0.2, 0) is 5.41 Å². The molecule has 5 rings (SSSR count). The van der Waals surface area contributed by atoms with Crippen molar-refractivity contribution in [3.63, 3.8) is 0 Å². The Bertz CT molecular complexity index is 1160. The van der Waals surface area contributed by atoms with E-state index >= 15 is 0 Å². The molecule has 1 aliphatic heterocycles. The normalized spacial score (nSPS) is 27.7. The van der Waals surface area contributed by atoms with Crippen LogP contribution in [0.5, 0.6) is 5.75 Å². The number of likely N-dealkylation sites (tertiary alicyclic amines) is 1. The fourth-order valence-corrected chi connectivity index (χ4v) is 6.02. The number of nitrogens with zero attached hydrogens (tertiary/aromatic N) is 1. The molecular formula is C28H32N2O3. The first-order valence-electron chi connectivity index (χ1n) is 11.8. The van der Waals surface area contributed by atoms with Gasteiger partial charge in [-0.1, -0.05) is 42.5 Å². The maximum Gasteiger partial charge on any atom is 0.251 e. The van der Waals surface area contributed by atoms with E-state index in [4.69, 9.17) is 4.74 Å². The minimum absolute atomic E-state index is 0.0786. The maximum absolute atomic E-state index is 13.2. The highest BCUT2D eigenvalue weighted by atomic mass is 16.5. The number of rotatable bonds is 4. The van der Waals surface area contributed by atoms with E-state index < -0.39 is 6.10 Å². The molecule has 3 aromatic rings. The molecule has 0 bridgehead atoms. The monoisotopic (exact) mass is 444 g/mol. The van der Waals surface area contributed by atoms with Crippen LogP contribution in [-0.4, -0.2) is 55.3 Å². The molecule has 1 unspecified atom stereocenters. The predicted octanol–water partition coefficient (Wildman–Crippen LogP) is 3.99. The number of hydrogen-bond donors (Lipinski definition) is 2. The molecule has 33 heavy (non-hydrogen) atoms. The van der Waals surface area contributed by atoms with Gasteiger partial charge in [0.25, 0.3) is 5.91 Å². The van der Waals surface area contributed by atoms with Gasteiger partial charge in [-0.05, 0) is 73.5 Å². The van der Waals surface area contributed by atoms with E-state index in [9.17, 15) is 9.90 Å². The highest BCUT2D eigenvalue weighted by Gasteiger charge is 2.51. The van der Waals surface area contributed by atoms with Crippen LogP contribution >= 0.6 is 0 Å². The van der Waals surface area contributed by atoms with Crippen molar-refractivity contribution < 1.29 is 14.6 Å². The van der Waals surface area contributed by atoms with E-state index in [-0.39, 0.29) is 23.3 Å². The van der Waals surface area contributed by atoms with Gasteiger partial charge in [0.05, 0.1) is 13.2 Å². The Morgan fingerprint density at radius 1 is 1.09 bits per heavy atom. The molecule has 5 nitrogen and oxygen atoms in total. The number of nitrogens with one attached hydrogen (secondary N) is 1. The molecule has 1 aliphatic carbocycles. The topological polar surface area (TPSA) is 61.8 Å². The Labute approximate surface area is 195 Å². The highest BCUT2D eigenvalue weighted by molar-refractivity contribution is 5.98. The summed E-state index contributed by atoms with van der Waals surface area (Å²) in [7, 11) is 3.81. The van der Waals surface area contributed by atoms with Gasteiger partial charge in [0.2, 0.25) is 0 Å². The Morgan fingerprint density at radius 3 is 2.73 bits per heavy atom. The number of carbonyl (C=O) groups excluding carboxylic acids is 1. The number of amides is 1. The van der Waals surface area contributed by atoms with E-state index in [0.717, 1.165) is 42.5 Å². The van der Waals surface area contributed by atoms with Gasteiger partial charge in [-0.25, -0.2) is 0 Å². The Kier molecular flexibility index (Phi) is 5.85. The van der Waals surface area contributed by atoms with Gasteiger partial charge in [-0.15, -0.1) is 0 Å². The number of hydrogen-bond acceptors (Lipinski definition) is 4. The fourth-order valence-electron chi connectivity index (χ4n) is 6.02. The average Bonchev–Trinajstić information content (AvgIpc) is 2.84. The number of methoxy groups -OCH3 is 1. The Hall–Kier alpha value is -2.89. The average molecular weight is 445 g/mol. The lowest BCUT2D eigenvalue weighted by atomic mass is 9.57. The van der Waals surface area contributed by atoms with Gasteiger partial charge < -0.3 is 20.1 Å². The number of benzene rings is 3. The maximum atomic E-state index is 13.2. The molecule has 2 fully saturated rings. The second kappa shape index (κ2) is 8.81. The van der Waals surface area contributed by atoms with Crippen LogP contribution in [0.15, 0.2) is 66.7 Å². The Morgan fingerprint density at radius 2 is 1.91 bits per heavy atom. The summed E-state index contributed by atoms with van der Waals surface area (Å²) < 4.78 is 5.51. The van der Waals surface area contributed by atoms with Crippen LogP contribution in [0.4, 0.5) is 0 Å². The van der Waals surface area contributed by atoms with Crippen molar-refractivity contribution in [2.24, 2.45) is 5.92 Å². The number of aliphatic hydroxyl groups excluding tert-OH is 1. The van der Waals surface area contributed by atoms with Gasteiger partial charge in [0.1, 0.15) is 5.75 Å². The smallest absolute Gasteiger partial charge is 0.251 e. The standard InChI is InChI=1S/C28H32N2O3/c1-30-13-12-28(22-8-5-9-24(15-22)33-2)17-23(16-26(31)25(28)18-30)29-27(32)21-11-10-19-6-3-4-7-20(19)14-21/h3-11,14-15,23,25-26,31H,12-13,16-18H2,1-2H3,(H,29,32)/t23-,25-,26?,28-/m0/s1. The zero-order valence-electron chi connectivity index (χ0n) is 19.3. The molecule has 0 aromatic heterocycles.